The Morgan fingerprint density at radius 3 is 3.00 bits per heavy atom. The maximum atomic E-state index is 8.87. The lowest BCUT2D eigenvalue weighted by Crippen LogP contribution is -2.22. The van der Waals surface area contributed by atoms with E-state index in [0.29, 0.717) is 6.61 Å². The molecule has 0 unspecified atom stereocenters. The lowest BCUT2D eigenvalue weighted by molar-refractivity contribution is 0.154. The van der Waals surface area contributed by atoms with Crippen LogP contribution in [0.2, 0.25) is 0 Å². The highest BCUT2D eigenvalue weighted by atomic mass is 32.1. The van der Waals surface area contributed by atoms with Gasteiger partial charge in [-0.2, -0.15) is 0 Å². The lowest BCUT2D eigenvalue weighted by Gasteiger charge is -2.14. The number of hydrogen-bond donors (Lipinski definition) is 1. The molecule has 0 aliphatic carbocycles. The molecule has 0 aliphatic heterocycles. The van der Waals surface area contributed by atoms with Crippen molar-refractivity contribution in [2.45, 2.75) is 13.5 Å². The van der Waals surface area contributed by atoms with Crippen LogP contribution >= 0.6 is 11.3 Å². The molecule has 0 aromatic carbocycles. The van der Waals surface area contributed by atoms with E-state index < -0.39 is 0 Å². The predicted molar refractivity (Wildman–Crippen MR) is 57.8 cm³/mol. The average Bonchev–Trinajstić information content (AvgIpc) is 2.66. The number of rotatable bonds is 6. The topological polar surface area (TPSA) is 45.6 Å². The van der Waals surface area contributed by atoms with Gasteiger partial charge in [0.25, 0.3) is 0 Å². The Hall–Kier alpha value is -0.650. The summed E-state index contributed by atoms with van der Waals surface area (Å²) in [7, 11) is 1.97. The van der Waals surface area contributed by atoms with Gasteiger partial charge in [0.2, 0.25) is 0 Å². The van der Waals surface area contributed by atoms with E-state index in [9.17, 15) is 0 Å². The van der Waals surface area contributed by atoms with Crippen molar-refractivity contribution in [3.05, 3.63) is 11.1 Å². The van der Waals surface area contributed by atoms with Gasteiger partial charge in [-0.15, -0.1) is 0 Å². The summed E-state index contributed by atoms with van der Waals surface area (Å²) in [6.07, 6.45) is 1.71. The third-order valence-corrected chi connectivity index (χ3v) is 2.90. The molecule has 1 aromatic rings. The molecule has 1 N–H and O–H groups in total. The fourth-order valence-electron chi connectivity index (χ4n) is 0.988. The standard InChI is InChI=1S/C9H16N2O2S/c1-3-13-5-4-11(2)9-10-6-8(7-12)14-9/h6,12H,3-5,7H2,1-2H3. The number of anilines is 1. The maximum absolute atomic E-state index is 8.87. The molecule has 1 aromatic heterocycles. The number of ether oxygens (including phenoxy) is 1. The van der Waals surface area contributed by atoms with E-state index in [-0.39, 0.29) is 6.61 Å². The monoisotopic (exact) mass is 216 g/mol. The molecule has 0 spiro atoms. The van der Waals surface area contributed by atoms with E-state index >= 15 is 0 Å². The molecule has 4 nitrogen and oxygen atoms in total. The van der Waals surface area contributed by atoms with E-state index in [0.717, 1.165) is 23.2 Å². The third-order valence-electron chi connectivity index (χ3n) is 1.80. The number of hydrogen-bond acceptors (Lipinski definition) is 5. The van der Waals surface area contributed by atoms with E-state index in [1.54, 1.807) is 6.20 Å². The smallest absolute Gasteiger partial charge is 0.185 e. The fraction of sp³-hybridized carbons (Fsp3) is 0.667. The Bertz CT molecular complexity index is 265. The number of aliphatic hydroxyl groups excluding tert-OH is 1. The number of aliphatic hydroxyl groups is 1. The van der Waals surface area contributed by atoms with Crippen molar-refractivity contribution < 1.29 is 9.84 Å². The first kappa shape index (κ1) is 11.4. The van der Waals surface area contributed by atoms with Crippen LogP contribution in [0.25, 0.3) is 0 Å². The zero-order valence-electron chi connectivity index (χ0n) is 8.56. The molecule has 80 valence electrons. The number of thiazole rings is 1. The maximum Gasteiger partial charge on any atom is 0.185 e. The summed E-state index contributed by atoms with van der Waals surface area (Å²) in [6, 6.07) is 0. The van der Waals surface area contributed by atoms with Crippen LogP contribution in [0.1, 0.15) is 11.8 Å². The van der Waals surface area contributed by atoms with Gasteiger partial charge >= 0.3 is 0 Å². The van der Waals surface area contributed by atoms with Gasteiger partial charge in [0.05, 0.1) is 18.1 Å². The molecular formula is C9H16N2O2S. The molecule has 0 saturated heterocycles. The summed E-state index contributed by atoms with van der Waals surface area (Å²) in [5.74, 6) is 0. The largest absolute Gasteiger partial charge is 0.391 e. The van der Waals surface area contributed by atoms with Crippen molar-refractivity contribution in [1.82, 2.24) is 4.98 Å². The number of likely N-dealkylation sites (N-methyl/N-ethyl adjacent to an activating group) is 1. The minimum atomic E-state index is 0.0664. The molecule has 1 rings (SSSR count). The summed E-state index contributed by atoms with van der Waals surface area (Å²) < 4.78 is 5.24. The van der Waals surface area contributed by atoms with Gasteiger partial charge in [0.15, 0.2) is 5.13 Å². The van der Waals surface area contributed by atoms with Gasteiger partial charge < -0.3 is 14.7 Å². The molecular weight excluding hydrogens is 200 g/mol. The van der Waals surface area contributed by atoms with Gasteiger partial charge in [-0.25, -0.2) is 4.98 Å². The van der Waals surface area contributed by atoms with E-state index in [1.165, 1.54) is 11.3 Å². The molecule has 0 fully saturated rings. The normalized spacial score (nSPS) is 10.5. The zero-order valence-corrected chi connectivity index (χ0v) is 9.38. The molecule has 0 radical (unpaired) electrons. The Labute approximate surface area is 88.1 Å². The first-order valence-corrected chi connectivity index (χ1v) is 5.44. The van der Waals surface area contributed by atoms with Crippen LogP contribution in [0, 0.1) is 0 Å². The minimum Gasteiger partial charge on any atom is -0.391 e. The van der Waals surface area contributed by atoms with Crippen LogP contribution in [0.3, 0.4) is 0 Å². The number of aromatic nitrogens is 1. The second-order valence-corrected chi connectivity index (χ2v) is 3.98. The van der Waals surface area contributed by atoms with Crippen LogP contribution < -0.4 is 4.90 Å². The summed E-state index contributed by atoms with van der Waals surface area (Å²) in [5, 5.41) is 9.80. The molecule has 5 heteroatoms. The first-order chi connectivity index (χ1) is 6.77. The van der Waals surface area contributed by atoms with Gasteiger partial charge in [-0.05, 0) is 6.92 Å². The highest BCUT2D eigenvalue weighted by Gasteiger charge is 2.05. The Morgan fingerprint density at radius 2 is 2.43 bits per heavy atom. The van der Waals surface area contributed by atoms with Crippen molar-refractivity contribution in [3.63, 3.8) is 0 Å². The van der Waals surface area contributed by atoms with Crippen LogP contribution in [-0.4, -0.2) is 36.9 Å². The average molecular weight is 216 g/mol. The Kier molecular flexibility index (Phi) is 4.86. The van der Waals surface area contributed by atoms with Crippen molar-refractivity contribution in [1.29, 1.82) is 0 Å². The van der Waals surface area contributed by atoms with Gasteiger partial charge in [-0.3, -0.25) is 0 Å². The zero-order chi connectivity index (χ0) is 10.4. The lowest BCUT2D eigenvalue weighted by atomic mass is 10.6. The molecule has 0 amide bonds. The second kappa shape index (κ2) is 5.95. The highest BCUT2D eigenvalue weighted by Crippen LogP contribution is 2.20. The first-order valence-electron chi connectivity index (χ1n) is 4.62. The molecule has 14 heavy (non-hydrogen) atoms. The highest BCUT2D eigenvalue weighted by molar-refractivity contribution is 7.15. The molecule has 0 aliphatic rings. The third kappa shape index (κ3) is 3.25. The van der Waals surface area contributed by atoms with Crippen molar-refractivity contribution in [2.75, 3.05) is 31.7 Å². The van der Waals surface area contributed by atoms with Crippen molar-refractivity contribution in [2.24, 2.45) is 0 Å². The summed E-state index contributed by atoms with van der Waals surface area (Å²) in [6.45, 7) is 4.32. The van der Waals surface area contributed by atoms with E-state index in [1.807, 2.05) is 18.9 Å². The second-order valence-electron chi connectivity index (χ2n) is 2.89. The summed E-state index contributed by atoms with van der Waals surface area (Å²) in [5.41, 5.74) is 0. The van der Waals surface area contributed by atoms with Crippen LogP contribution in [0.4, 0.5) is 5.13 Å². The summed E-state index contributed by atoms with van der Waals surface area (Å²) in [4.78, 5) is 7.11. The molecule has 0 atom stereocenters. The van der Waals surface area contributed by atoms with Crippen molar-refractivity contribution in [3.8, 4) is 0 Å². The van der Waals surface area contributed by atoms with Gasteiger partial charge in [-0.1, -0.05) is 11.3 Å². The van der Waals surface area contributed by atoms with Gasteiger partial charge in [0, 0.05) is 26.4 Å². The van der Waals surface area contributed by atoms with E-state index in [2.05, 4.69) is 4.98 Å². The Balaban J connectivity index is 2.39. The molecule has 0 saturated carbocycles. The SMILES string of the molecule is CCOCCN(C)c1ncc(CO)s1. The van der Waals surface area contributed by atoms with Crippen LogP contribution in [0.5, 0.6) is 0 Å². The van der Waals surface area contributed by atoms with Crippen LogP contribution in [0.15, 0.2) is 6.20 Å². The quantitative estimate of drug-likeness (QED) is 0.724. The minimum absolute atomic E-state index is 0.0664. The fourth-order valence-corrected chi connectivity index (χ4v) is 1.75. The number of nitrogens with zero attached hydrogens (tertiary/aromatic N) is 2. The van der Waals surface area contributed by atoms with Crippen molar-refractivity contribution >= 4 is 16.5 Å². The molecule has 0 bridgehead atoms. The van der Waals surface area contributed by atoms with Gasteiger partial charge in [0.1, 0.15) is 0 Å². The van der Waals surface area contributed by atoms with Crippen LogP contribution in [-0.2, 0) is 11.3 Å². The van der Waals surface area contributed by atoms with E-state index in [4.69, 9.17) is 9.84 Å². The predicted octanol–water partition coefficient (Wildman–Crippen LogP) is 1.11. The molecule has 1 heterocycles. The Morgan fingerprint density at radius 1 is 1.64 bits per heavy atom. The summed E-state index contributed by atoms with van der Waals surface area (Å²) >= 11 is 1.51.